The highest BCUT2D eigenvalue weighted by atomic mass is 32.2. The van der Waals surface area contributed by atoms with Crippen molar-refractivity contribution >= 4 is 22.7 Å². The van der Waals surface area contributed by atoms with E-state index in [1.807, 2.05) is 18.7 Å². The summed E-state index contributed by atoms with van der Waals surface area (Å²) in [6, 6.07) is 11.4. The lowest BCUT2D eigenvalue weighted by Crippen LogP contribution is -2.24. The molecule has 0 fully saturated rings. The largest absolute Gasteiger partial charge is 0.309 e. The van der Waals surface area contributed by atoms with Gasteiger partial charge in [-0.2, -0.15) is 11.8 Å². The van der Waals surface area contributed by atoms with Crippen LogP contribution in [0.2, 0.25) is 0 Å². The zero-order valence-corrected chi connectivity index (χ0v) is 14.2. The molecule has 0 spiro atoms. The molecule has 0 saturated heterocycles. The molecule has 1 heterocycles. The van der Waals surface area contributed by atoms with E-state index in [0.717, 1.165) is 23.5 Å². The van der Waals surface area contributed by atoms with Gasteiger partial charge in [-0.3, -0.25) is 4.98 Å². The summed E-state index contributed by atoms with van der Waals surface area (Å²) < 4.78 is 0. The van der Waals surface area contributed by atoms with Crippen LogP contribution in [0.4, 0.5) is 0 Å². The Morgan fingerprint density at radius 3 is 2.76 bits per heavy atom. The van der Waals surface area contributed by atoms with E-state index in [9.17, 15) is 0 Å². The fraction of sp³-hybridized carbons (Fsp3) is 0.500. The Bertz CT molecular complexity index is 568. The van der Waals surface area contributed by atoms with E-state index in [2.05, 4.69) is 54.5 Å². The minimum Gasteiger partial charge on any atom is -0.309 e. The number of nitrogens with zero attached hydrogens (tertiary/aromatic N) is 1. The van der Waals surface area contributed by atoms with Gasteiger partial charge in [-0.15, -0.1) is 0 Å². The highest BCUT2D eigenvalue weighted by Gasteiger charge is 2.11. The van der Waals surface area contributed by atoms with E-state index in [4.69, 9.17) is 0 Å². The predicted octanol–water partition coefficient (Wildman–Crippen LogP) is 4.73. The third-order valence-corrected chi connectivity index (χ3v) is 4.79. The summed E-state index contributed by atoms with van der Waals surface area (Å²) in [6.45, 7) is 7.57. The number of hydrogen-bond acceptors (Lipinski definition) is 3. The third-order valence-electron chi connectivity index (χ3n) is 3.53. The maximum atomic E-state index is 4.59. The van der Waals surface area contributed by atoms with E-state index >= 15 is 0 Å². The maximum absolute atomic E-state index is 4.59. The molecule has 1 aromatic carbocycles. The molecule has 2 nitrogen and oxygen atoms in total. The van der Waals surface area contributed by atoms with Crippen LogP contribution in [0.5, 0.6) is 0 Å². The Kier molecular flexibility index (Phi) is 6.52. The molecule has 0 amide bonds. The Labute approximate surface area is 132 Å². The van der Waals surface area contributed by atoms with E-state index in [-0.39, 0.29) is 0 Å². The summed E-state index contributed by atoms with van der Waals surface area (Å²) in [4.78, 5) is 4.59. The minimum atomic E-state index is 0.437. The molecule has 1 atom stereocenters. The van der Waals surface area contributed by atoms with E-state index in [1.54, 1.807) is 0 Å². The van der Waals surface area contributed by atoms with Gasteiger partial charge < -0.3 is 5.32 Å². The van der Waals surface area contributed by atoms with Crippen LogP contribution >= 0.6 is 11.8 Å². The highest BCUT2D eigenvalue weighted by Crippen LogP contribution is 2.23. The summed E-state index contributed by atoms with van der Waals surface area (Å²) in [5.74, 6) is 2.37. The second-order valence-corrected chi connectivity index (χ2v) is 6.64. The lowest BCUT2D eigenvalue weighted by Gasteiger charge is -2.19. The number of fused-ring (bicyclic) bond motifs is 1. The summed E-state index contributed by atoms with van der Waals surface area (Å²) in [5.41, 5.74) is 3.55. The fourth-order valence-corrected chi connectivity index (χ4v) is 3.40. The molecule has 1 aromatic heterocycles. The van der Waals surface area contributed by atoms with Crippen LogP contribution in [0.15, 0.2) is 30.3 Å². The molecule has 1 N–H and O–H groups in total. The number of thioether (sulfide) groups is 1. The third kappa shape index (κ3) is 4.72. The lowest BCUT2D eigenvalue weighted by molar-refractivity contribution is 0.578. The molecule has 3 heteroatoms. The molecule has 0 bridgehead atoms. The van der Waals surface area contributed by atoms with Gasteiger partial charge in [0.15, 0.2) is 0 Å². The number of rotatable bonds is 8. The van der Waals surface area contributed by atoms with Crippen molar-refractivity contribution in [3.8, 4) is 0 Å². The summed E-state index contributed by atoms with van der Waals surface area (Å²) in [5, 5.41) is 4.92. The molecule has 1 unspecified atom stereocenters. The molecular weight excluding hydrogens is 276 g/mol. The van der Waals surface area contributed by atoms with Gasteiger partial charge in [-0.05, 0) is 55.8 Å². The first-order chi connectivity index (χ1) is 10.2. The van der Waals surface area contributed by atoms with Gasteiger partial charge in [0.25, 0.3) is 0 Å². The first kappa shape index (κ1) is 16.3. The Morgan fingerprint density at radius 2 is 2.00 bits per heavy atom. The smallest absolute Gasteiger partial charge is 0.0705 e. The van der Waals surface area contributed by atoms with Gasteiger partial charge in [0, 0.05) is 22.9 Å². The molecule has 0 aliphatic carbocycles. The van der Waals surface area contributed by atoms with E-state index in [0.29, 0.717) is 6.04 Å². The molecule has 114 valence electrons. The van der Waals surface area contributed by atoms with Gasteiger partial charge in [0.2, 0.25) is 0 Å². The van der Waals surface area contributed by atoms with Gasteiger partial charge in [0.05, 0.1) is 5.52 Å². The molecule has 21 heavy (non-hydrogen) atoms. The van der Waals surface area contributed by atoms with Crippen molar-refractivity contribution in [2.75, 3.05) is 18.1 Å². The number of pyridine rings is 1. The van der Waals surface area contributed by atoms with Crippen molar-refractivity contribution in [2.24, 2.45) is 0 Å². The van der Waals surface area contributed by atoms with Gasteiger partial charge in [0.1, 0.15) is 0 Å². The van der Waals surface area contributed by atoms with Crippen molar-refractivity contribution in [1.29, 1.82) is 0 Å². The van der Waals surface area contributed by atoms with E-state index < -0.39 is 0 Å². The van der Waals surface area contributed by atoms with Crippen molar-refractivity contribution in [2.45, 2.75) is 39.7 Å². The molecule has 0 aliphatic heterocycles. The average molecular weight is 302 g/mol. The Balaban J connectivity index is 2.19. The van der Waals surface area contributed by atoms with Crippen LogP contribution in [0.25, 0.3) is 10.9 Å². The van der Waals surface area contributed by atoms with Gasteiger partial charge in [-0.25, -0.2) is 0 Å². The summed E-state index contributed by atoms with van der Waals surface area (Å²) >= 11 is 2.04. The maximum Gasteiger partial charge on any atom is 0.0705 e. The topological polar surface area (TPSA) is 24.9 Å². The monoisotopic (exact) mass is 302 g/mol. The first-order valence-corrected chi connectivity index (χ1v) is 9.08. The number of benzene rings is 1. The number of hydrogen-bond donors (Lipinski definition) is 1. The first-order valence-electron chi connectivity index (χ1n) is 7.93. The summed E-state index contributed by atoms with van der Waals surface area (Å²) in [7, 11) is 0. The fourth-order valence-electron chi connectivity index (χ4n) is 2.40. The van der Waals surface area contributed by atoms with E-state index in [1.165, 1.54) is 29.5 Å². The van der Waals surface area contributed by atoms with Crippen molar-refractivity contribution in [3.05, 3.63) is 41.6 Å². The van der Waals surface area contributed by atoms with Crippen LogP contribution in [0, 0.1) is 6.92 Å². The van der Waals surface area contributed by atoms with Gasteiger partial charge in [-0.1, -0.05) is 26.0 Å². The number of aromatic nitrogens is 1. The van der Waals surface area contributed by atoms with Gasteiger partial charge >= 0.3 is 0 Å². The predicted molar refractivity (Wildman–Crippen MR) is 95.1 cm³/mol. The average Bonchev–Trinajstić information content (AvgIpc) is 2.50. The molecule has 0 radical (unpaired) electrons. The number of aryl methyl sites for hydroxylation is 1. The molecule has 0 saturated carbocycles. The number of nitrogens with one attached hydrogen (secondary N) is 1. The standard InChI is InChI=1S/C18H26N2S/c1-4-10-19-18(13-21-11-5-2)16-8-9-17-15(12-16)7-6-14(3)20-17/h6-9,12,18-19H,4-5,10-11,13H2,1-3H3. The van der Waals surface area contributed by atoms with Crippen LogP contribution in [-0.2, 0) is 0 Å². The highest BCUT2D eigenvalue weighted by molar-refractivity contribution is 7.99. The van der Waals surface area contributed by atoms with Crippen molar-refractivity contribution < 1.29 is 0 Å². The zero-order chi connectivity index (χ0) is 15.1. The molecule has 2 aromatic rings. The van der Waals surface area contributed by atoms with Crippen LogP contribution < -0.4 is 5.32 Å². The lowest BCUT2D eigenvalue weighted by atomic mass is 10.0. The van der Waals surface area contributed by atoms with Crippen molar-refractivity contribution in [3.63, 3.8) is 0 Å². The Morgan fingerprint density at radius 1 is 1.14 bits per heavy atom. The van der Waals surface area contributed by atoms with Crippen LogP contribution in [0.3, 0.4) is 0 Å². The second-order valence-electron chi connectivity index (χ2n) is 5.49. The zero-order valence-electron chi connectivity index (χ0n) is 13.4. The normalized spacial score (nSPS) is 12.7. The van der Waals surface area contributed by atoms with Crippen LogP contribution in [0.1, 0.15) is 44.0 Å². The minimum absolute atomic E-state index is 0.437. The SMILES string of the molecule is CCCNC(CSCCC)c1ccc2nc(C)ccc2c1. The molecule has 2 rings (SSSR count). The Hall–Kier alpha value is -1.06. The van der Waals surface area contributed by atoms with Crippen LogP contribution in [-0.4, -0.2) is 23.0 Å². The quantitative estimate of drug-likeness (QED) is 0.714. The van der Waals surface area contributed by atoms with Crippen molar-refractivity contribution in [1.82, 2.24) is 10.3 Å². The second kappa shape index (κ2) is 8.40. The molecule has 0 aliphatic rings. The molecular formula is C18H26N2S. The summed E-state index contributed by atoms with van der Waals surface area (Å²) in [6.07, 6.45) is 2.41.